The summed E-state index contributed by atoms with van der Waals surface area (Å²) in [7, 11) is 1.68. The van der Waals surface area contributed by atoms with Crippen LogP contribution in [0.5, 0.6) is 0 Å². The fourth-order valence-electron chi connectivity index (χ4n) is 1.56. The van der Waals surface area contributed by atoms with Crippen molar-refractivity contribution in [3.8, 4) is 0 Å². The Morgan fingerprint density at radius 2 is 2.33 bits per heavy atom. The maximum atomic E-state index is 11.7. The molecule has 0 unspecified atom stereocenters. The standard InChI is InChI=1S/C12H17N3O2S/c1-12(2,17-3)7-13-6-9-14-8-4-5-18-10(8)11(16)15-9/h4-5,13H,6-7H2,1-3H3,(H,14,15,16). The van der Waals surface area contributed by atoms with Crippen LogP contribution in [-0.2, 0) is 11.3 Å². The lowest BCUT2D eigenvalue weighted by molar-refractivity contribution is 0.0229. The monoisotopic (exact) mass is 267 g/mol. The first kappa shape index (κ1) is 13.2. The molecule has 2 rings (SSSR count). The van der Waals surface area contributed by atoms with E-state index in [1.54, 1.807) is 7.11 Å². The molecule has 0 fully saturated rings. The van der Waals surface area contributed by atoms with Gasteiger partial charge in [-0.25, -0.2) is 4.98 Å². The van der Waals surface area contributed by atoms with E-state index < -0.39 is 0 Å². The van der Waals surface area contributed by atoms with Gasteiger partial charge >= 0.3 is 0 Å². The fraction of sp³-hybridized carbons (Fsp3) is 0.500. The van der Waals surface area contributed by atoms with Crippen molar-refractivity contribution < 1.29 is 4.74 Å². The first-order valence-electron chi connectivity index (χ1n) is 5.74. The molecule has 0 aliphatic heterocycles. The second-order valence-electron chi connectivity index (χ2n) is 4.71. The summed E-state index contributed by atoms with van der Waals surface area (Å²) in [6.45, 7) is 5.21. The van der Waals surface area contributed by atoms with Gasteiger partial charge in [0.05, 0.1) is 17.7 Å². The Kier molecular flexibility index (Phi) is 3.79. The van der Waals surface area contributed by atoms with Gasteiger partial charge in [0.25, 0.3) is 5.56 Å². The highest BCUT2D eigenvalue weighted by Gasteiger charge is 2.15. The van der Waals surface area contributed by atoms with Crippen molar-refractivity contribution in [2.45, 2.75) is 26.0 Å². The lowest BCUT2D eigenvalue weighted by atomic mass is 10.1. The largest absolute Gasteiger partial charge is 0.377 e. The van der Waals surface area contributed by atoms with E-state index in [1.807, 2.05) is 25.3 Å². The van der Waals surface area contributed by atoms with Crippen molar-refractivity contribution in [1.82, 2.24) is 15.3 Å². The fourth-order valence-corrected chi connectivity index (χ4v) is 2.28. The Bertz CT molecular complexity index is 588. The van der Waals surface area contributed by atoms with Crippen LogP contribution in [0.4, 0.5) is 0 Å². The molecule has 2 N–H and O–H groups in total. The van der Waals surface area contributed by atoms with Crippen molar-refractivity contribution in [2.75, 3.05) is 13.7 Å². The summed E-state index contributed by atoms with van der Waals surface area (Å²) in [6.07, 6.45) is 0. The van der Waals surface area contributed by atoms with Crippen LogP contribution in [0.15, 0.2) is 16.2 Å². The molecule has 0 saturated carbocycles. The summed E-state index contributed by atoms with van der Waals surface area (Å²) in [6, 6.07) is 1.86. The quantitative estimate of drug-likeness (QED) is 0.861. The van der Waals surface area contributed by atoms with Crippen LogP contribution >= 0.6 is 11.3 Å². The molecule has 6 heteroatoms. The molecule has 0 bridgehead atoms. The van der Waals surface area contributed by atoms with Crippen LogP contribution in [0.2, 0.25) is 0 Å². The number of hydrogen-bond donors (Lipinski definition) is 2. The Hall–Kier alpha value is -1.24. The number of rotatable bonds is 5. The van der Waals surface area contributed by atoms with E-state index in [1.165, 1.54) is 11.3 Å². The summed E-state index contributed by atoms with van der Waals surface area (Å²) in [5.41, 5.74) is 0.455. The molecule has 2 aromatic heterocycles. The van der Waals surface area contributed by atoms with E-state index in [-0.39, 0.29) is 11.2 Å². The summed E-state index contributed by atoms with van der Waals surface area (Å²) >= 11 is 1.41. The van der Waals surface area contributed by atoms with Crippen molar-refractivity contribution in [3.63, 3.8) is 0 Å². The summed E-state index contributed by atoms with van der Waals surface area (Å²) < 4.78 is 5.98. The molecule has 0 atom stereocenters. The highest BCUT2D eigenvalue weighted by atomic mass is 32.1. The van der Waals surface area contributed by atoms with Crippen molar-refractivity contribution in [3.05, 3.63) is 27.6 Å². The van der Waals surface area contributed by atoms with Gasteiger partial charge in [-0.1, -0.05) is 0 Å². The van der Waals surface area contributed by atoms with Gasteiger partial charge in [0.2, 0.25) is 0 Å². The van der Waals surface area contributed by atoms with E-state index in [0.717, 1.165) is 5.52 Å². The average molecular weight is 267 g/mol. The van der Waals surface area contributed by atoms with Crippen molar-refractivity contribution >= 4 is 21.6 Å². The molecule has 5 nitrogen and oxygen atoms in total. The second-order valence-corrected chi connectivity index (χ2v) is 5.63. The van der Waals surface area contributed by atoms with E-state index in [2.05, 4.69) is 15.3 Å². The molecule has 0 radical (unpaired) electrons. The van der Waals surface area contributed by atoms with Crippen LogP contribution < -0.4 is 10.9 Å². The van der Waals surface area contributed by atoms with Gasteiger partial charge in [0, 0.05) is 13.7 Å². The lowest BCUT2D eigenvalue weighted by Crippen LogP contribution is -2.36. The van der Waals surface area contributed by atoms with Crippen LogP contribution in [0.25, 0.3) is 10.2 Å². The Balaban J connectivity index is 2.06. The van der Waals surface area contributed by atoms with E-state index >= 15 is 0 Å². The number of H-pyrrole nitrogens is 1. The van der Waals surface area contributed by atoms with Gasteiger partial charge in [-0.15, -0.1) is 11.3 Å². The van der Waals surface area contributed by atoms with Gasteiger partial charge in [0.1, 0.15) is 10.5 Å². The molecule has 2 aromatic rings. The van der Waals surface area contributed by atoms with Crippen molar-refractivity contribution in [1.29, 1.82) is 0 Å². The molecular formula is C12H17N3O2S. The molecule has 98 valence electrons. The van der Waals surface area contributed by atoms with Gasteiger partial charge in [-0.05, 0) is 25.3 Å². The SMILES string of the molecule is COC(C)(C)CNCc1nc2ccsc2c(=O)[nH]1. The van der Waals surface area contributed by atoms with Gasteiger partial charge in [-0.3, -0.25) is 4.79 Å². The lowest BCUT2D eigenvalue weighted by Gasteiger charge is -2.22. The third-order valence-electron chi connectivity index (χ3n) is 2.76. The minimum atomic E-state index is -0.229. The Labute approximate surface area is 109 Å². The maximum absolute atomic E-state index is 11.7. The Morgan fingerprint density at radius 3 is 3.06 bits per heavy atom. The molecule has 0 aliphatic rings. The first-order valence-corrected chi connectivity index (χ1v) is 6.62. The van der Waals surface area contributed by atoms with Gasteiger partial charge in [0.15, 0.2) is 0 Å². The average Bonchev–Trinajstić information content (AvgIpc) is 2.77. The minimum absolute atomic E-state index is 0.0715. The van der Waals surface area contributed by atoms with E-state index in [9.17, 15) is 4.79 Å². The number of nitrogens with zero attached hydrogens (tertiary/aromatic N) is 1. The zero-order chi connectivity index (χ0) is 13.2. The molecule has 0 aliphatic carbocycles. The van der Waals surface area contributed by atoms with Crippen LogP contribution in [-0.4, -0.2) is 29.2 Å². The zero-order valence-corrected chi connectivity index (χ0v) is 11.6. The zero-order valence-electron chi connectivity index (χ0n) is 10.7. The molecule has 0 aromatic carbocycles. The van der Waals surface area contributed by atoms with E-state index in [0.29, 0.717) is 23.6 Å². The molecule has 0 spiro atoms. The molecular weight excluding hydrogens is 250 g/mol. The number of methoxy groups -OCH3 is 1. The number of aromatic amines is 1. The van der Waals surface area contributed by atoms with Gasteiger partial charge < -0.3 is 15.0 Å². The number of fused-ring (bicyclic) bond motifs is 1. The van der Waals surface area contributed by atoms with Crippen LogP contribution in [0.3, 0.4) is 0 Å². The van der Waals surface area contributed by atoms with Gasteiger partial charge in [-0.2, -0.15) is 0 Å². The van der Waals surface area contributed by atoms with E-state index in [4.69, 9.17) is 4.74 Å². The predicted octanol–water partition coefficient (Wildman–Crippen LogP) is 1.50. The predicted molar refractivity (Wildman–Crippen MR) is 73.0 cm³/mol. The number of nitrogens with one attached hydrogen (secondary N) is 2. The topological polar surface area (TPSA) is 67.0 Å². The number of thiophene rings is 1. The summed E-state index contributed by atoms with van der Waals surface area (Å²) in [5.74, 6) is 0.651. The Morgan fingerprint density at radius 1 is 1.56 bits per heavy atom. The van der Waals surface area contributed by atoms with Crippen molar-refractivity contribution in [2.24, 2.45) is 0 Å². The van der Waals surface area contributed by atoms with Crippen LogP contribution in [0.1, 0.15) is 19.7 Å². The molecule has 0 amide bonds. The highest BCUT2D eigenvalue weighted by molar-refractivity contribution is 7.17. The summed E-state index contributed by atoms with van der Waals surface area (Å²) in [5, 5.41) is 5.10. The number of ether oxygens (including phenoxy) is 1. The third kappa shape index (κ3) is 2.95. The molecule has 18 heavy (non-hydrogen) atoms. The third-order valence-corrected chi connectivity index (χ3v) is 3.66. The highest BCUT2D eigenvalue weighted by Crippen LogP contribution is 2.13. The smallest absolute Gasteiger partial charge is 0.268 e. The minimum Gasteiger partial charge on any atom is -0.377 e. The maximum Gasteiger partial charge on any atom is 0.268 e. The summed E-state index contributed by atoms with van der Waals surface area (Å²) in [4.78, 5) is 18.9. The number of hydrogen-bond acceptors (Lipinski definition) is 5. The molecule has 2 heterocycles. The normalized spacial score (nSPS) is 12.2. The number of aromatic nitrogens is 2. The second kappa shape index (κ2) is 5.17. The van der Waals surface area contributed by atoms with Crippen LogP contribution in [0, 0.1) is 0 Å². The first-order chi connectivity index (χ1) is 8.52. The molecule has 0 saturated heterocycles.